The summed E-state index contributed by atoms with van der Waals surface area (Å²) in [5.74, 6) is -0.152. The van der Waals surface area contributed by atoms with Crippen molar-refractivity contribution in [3.05, 3.63) is 59.0 Å². The molecule has 108 valence electrons. The highest BCUT2D eigenvalue weighted by Gasteiger charge is 2.22. The molecule has 0 spiro atoms. The van der Waals surface area contributed by atoms with Crippen molar-refractivity contribution >= 4 is 39.8 Å². The third-order valence-corrected chi connectivity index (χ3v) is 3.81. The maximum absolute atomic E-state index is 12.0. The van der Waals surface area contributed by atoms with Gasteiger partial charge in [0.05, 0.1) is 17.1 Å². The minimum absolute atomic E-state index is 0.0782. The van der Waals surface area contributed by atoms with Crippen molar-refractivity contribution in [2.75, 3.05) is 11.9 Å². The van der Waals surface area contributed by atoms with Crippen molar-refractivity contribution in [1.29, 1.82) is 0 Å². The molecule has 0 bridgehead atoms. The van der Waals surface area contributed by atoms with Crippen molar-refractivity contribution in [3.63, 3.8) is 0 Å². The van der Waals surface area contributed by atoms with E-state index >= 15 is 0 Å². The number of amides is 1. The zero-order valence-corrected chi connectivity index (χ0v) is 12.2. The number of aromatic amines is 1. The molecule has 0 atom stereocenters. The van der Waals surface area contributed by atoms with E-state index < -0.39 is 0 Å². The quantitative estimate of drug-likeness (QED) is 0.725. The van der Waals surface area contributed by atoms with Crippen molar-refractivity contribution in [3.8, 4) is 0 Å². The number of rotatable bonds is 1. The predicted molar refractivity (Wildman–Crippen MR) is 86.7 cm³/mol. The highest BCUT2D eigenvalue weighted by Crippen LogP contribution is 2.32. The summed E-state index contributed by atoms with van der Waals surface area (Å²) in [5, 5.41) is 4.40. The Bertz CT molecular complexity index is 915. The van der Waals surface area contributed by atoms with Gasteiger partial charge in [-0.2, -0.15) is 0 Å². The van der Waals surface area contributed by atoms with Gasteiger partial charge in [-0.15, -0.1) is 0 Å². The molecule has 3 aromatic rings. The first kappa shape index (κ1) is 13.0. The minimum Gasteiger partial charge on any atom is -0.351 e. The molecule has 0 aliphatic carbocycles. The zero-order chi connectivity index (χ0) is 15.1. The zero-order valence-electron chi connectivity index (χ0n) is 11.4. The Balaban J connectivity index is 2.00. The number of hydrogen-bond donors (Lipinski definition) is 2. The van der Waals surface area contributed by atoms with Gasteiger partial charge in [0.1, 0.15) is 6.54 Å². The molecule has 2 aromatic heterocycles. The van der Waals surface area contributed by atoms with Gasteiger partial charge in [0, 0.05) is 33.9 Å². The lowest BCUT2D eigenvalue weighted by molar-refractivity contribution is -0.114. The van der Waals surface area contributed by atoms with Gasteiger partial charge in [0.25, 0.3) is 0 Å². The van der Waals surface area contributed by atoms with E-state index in [-0.39, 0.29) is 12.5 Å². The topological polar surface area (TPSA) is 70.1 Å². The number of benzene rings is 1. The number of aliphatic imine (C=N–C) groups is 1. The highest BCUT2D eigenvalue weighted by molar-refractivity contribution is 6.32. The molecule has 0 unspecified atom stereocenters. The van der Waals surface area contributed by atoms with E-state index in [0.29, 0.717) is 16.4 Å². The van der Waals surface area contributed by atoms with Crippen molar-refractivity contribution in [2.24, 2.45) is 4.99 Å². The van der Waals surface area contributed by atoms with E-state index in [4.69, 9.17) is 11.6 Å². The molecule has 1 aliphatic rings. The first-order valence-corrected chi connectivity index (χ1v) is 7.16. The van der Waals surface area contributed by atoms with E-state index in [1.165, 1.54) is 0 Å². The van der Waals surface area contributed by atoms with E-state index in [9.17, 15) is 4.79 Å². The summed E-state index contributed by atoms with van der Waals surface area (Å²) >= 11 is 6.08. The van der Waals surface area contributed by atoms with Crippen LogP contribution in [0.4, 0.5) is 5.69 Å². The summed E-state index contributed by atoms with van der Waals surface area (Å²) in [6, 6.07) is 9.29. The molecule has 2 N–H and O–H groups in total. The van der Waals surface area contributed by atoms with Crippen molar-refractivity contribution in [2.45, 2.75) is 0 Å². The number of carbonyl (C=O) groups excluding carboxylic acids is 1. The molecule has 1 aliphatic heterocycles. The van der Waals surface area contributed by atoms with Gasteiger partial charge < -0.3 is 10.3 Å². The van der Waals surface area contributed by atoms with Crippen LogP contribution in [0, 0.1) is 0 Å². The average molecular weight is 311 g/mol. The molecule has 0 radical (unpaired) electrons. The van der Waals surface area contributed by atoms with Gasteiger partial charge in [-0.05, 0) is 30.3 Å². The summed E-state index contributed by atoms with van der Waals surface area (Å²) in [7, 11) is 0. The standard InChI is InChI=1S/C16H11ClN4O/c17-10-3-4-12-11(6-10)15-16(20-12)14(19-8-13(22)21-15)9-2-1-5-18-7-9/h1-7,20H,8H2,(H,21,22). The number of halogens is 1. The highest BCUT2D eigenvalue weighted by atomic mass is 35.5. The van der Waals surface area contributed by atoms with Crippen LogP contribution >= 0.6 is 11.6 Å². The van der Waals surface area contributed by atoms with Gasteiger partial charge in [0.15, 0.2) is 0 Å². The third kappa shape index (κ3) is 2.07. The summed E-state index contributed by atoms with van der Waals surface area (Å²) in [6.45, 7) is 0.0782. The Morgan fingerprint density at radius 2 is 2.14 bits per heavy atom. The Hall–Kier alpha value is -2.66. The van der Waals surface area contributed by atoms with Crippen LogP contribution in [0.25, 0.3) is 10.9 Å². The number of pyridine rings is 1. The van der Waals surface area contributed by atoms with Crippen LogP contribution in [0.5, 0.6) is 0 Å². The SMILES string of the molecule is O=C1CN=C(c2cccnc2)c2[nH]c3ccc(Cl)cc3c2N1. The second-order valence-corrected chi connectivity index (χ2v) is 5.46. The molecule has 1 aromatic carbocycles. The molecular weight excluding hydrogens is 300 g/mol. The number of aromatic nitrogens is 2. The molecule has 6 heteroatoms. The van der Waals surface area contributed by atoms with Gasteiger partial charge >= 0.3 is 0 Å². The van der Waals surface area contributed by atoms with E-state index in [1.807, 2.05) is 30.3 Å². The van der Waals surface area contributed by atoms with Gasteiger partial charge in [-0.25, -0.2) is 0 Å². The smallest absolute Gasteiger partial charge is 0.246 e. The first-order chi connectivity index (χ1) is 10.7. The largest absolute Gasteiger partial charge is 0.351 e. The Kier molecular flexibility index (Phi) is 2.94. The molecule has 5 nitrogen and oxygen atoms in total. The molecule has 1 amide bonds. The number of nitrogens with zero attached hydrogens (tertiary/aromatic N) is 2. The number of hydrogen-bond acceptors (Lipinski definition) is 3. The van der Waals surface area contributed by atoms with Crippen LogP contribution < -0.4 is 5.32 Å². The number of H-pyrrole nitrogens is 1. The lowest BCUT2D eigenvalue weighted by atomic mass is 10.1. The molecule has 4 rings (SSSR count). The Labute approximate surface area is 131 Å². The van der Waals surface area contributed by atoms with Crippen LogP contribution in [-0.4, -0.2) is 28.1 Å². The Morgan fingerprint density at radius 3 is 2.95 bits per heavy atom. The summed E-state index contributed by atoms with van der Waals surface area (Å²) < 4.78 is 0. The van der Waals surface area contributed by atoms with E-state index in [1.54, 1.807) is 12.4 Å². The van der Waals surface area contributed by atoms with Crippen LogP contribution in [0.1, 0.15) is 11.3 Å². The van der Waals surface area contributed by atoms with E-state index in [0.717, 1.165) is 22.2 Å². The minimum atomic E-state index is -0.152. The second-order valence-electron chi connectivity index (χ2n) is 5.02. The predicted octanol–water partition coefficient (Wildman–Crippen LogP) is 3.01. The van der Waals surface area contributed by atoms with Crippen LogP contribution in [0.15, 0.2) is 47.7 Å². The summed E-state index contributed by atoms with van der Waals surface area (Å²) in [4.78, 5) is 23.9. The lowest BCUT2D eigenvalue weighted by Crippen LogP contribution is -2.13. The second kappa shape index (κ2) is 4.96. The number of nitrogens with one attached hydrogen (secondary N) is 2. The Morgan fingerprint density at radius 1 is 1.23 bits per heavy atom. The van der Waals surface area contributed by atoms with Gasteiger partial charge in [-0.3, -0.25) is 14.8 Å². The monoisotopic (exact) mass is 310 g/mol. The average Bonchev–Trinajstić information content (AvgIpc) is 2.77. The van der Waals surface area contributed by atoms with Gasteiger partial charge in [-0.1, -0.05) is 11.6 Å². The molecule has 22 heavy (non-hydrogen) atoms. The van der Waals surface area contributed by atoms with E-state index in [2.05, 4.69) is 20.3 Å². The number of fused-ring (bicyclic) bond motifs is 3. The molecular formula is C16H11ClN4O. The molecule has 0 saturated heterocycles. The fourth-order valence-electron chi connectivity index (χ4n) is 2.62. The van der Waals surface area contributed by atoms with Crippen molar-refractivity contribution in [1.82, 2.24) is 9.97 Å². The van der Waals surface area contributed by atoms with Crippen LogP contribution in [-0.2, 0) is 4.79 Å². The first-order valence-electron chi connectivity index (χ1n) is 6.78. The van der Waals surface area contributed by atoms with Gasteiger partial charge in [0.2, 0.25) is 5.91 Å². The lowest BCUT2D eigenvalue weighted by Gasteiger charge is -2.04. The van der Waals surface area contributed by atoms with Crippen LogP contribution in [0.2, 0.25) is 5.02 Å². The fourth-order valence-corrected chi connectivity index (χ4v) is 2.79. The third-order valence-electron chi connectivity index (χ3n) is 3.58. The van der Waals surface area contributed by atoms with Crippen molar-refractivity contribution < 1.29 is 4.79 Å². The summed E-state index contributed by atoms with van der Waals surface area (Å²) in [5.41, 5.74) is 3.96. The van der Waals surface area contributed by atoms with Crippen LogP contribution in [0.3, 0.4) is 0 Å². The maximum Gasteiger partial charge on any atom is 0.246 e. The molecule has 0 saturated carbocycles. The number of anilines is 1. The molecule has 0 fully saturated rings. The summed E-state index contributed by atoms with van der Waals surface area (Å²) in [6.07, 6.45) is 3.44. The number of carbonyl (C=O) groups is 1. The fraction of sp³-hybridized carbons (Fsp3) is 0.0625. The maximum atomic E-state index is 12.0. The molecule has 3 heterocycles. The normalized spacial score (nSPS) is 14.2.